The molecule has 0 N–H and O–H groups in total. The third kappa shape index (κ3) is 2.48. The first-order valence-corrected chi connectivity index (χ1v) is 4.92. The van der Waals surface area contributed by atoms with Gasteiger partial charge in [0, 0.05) is 5.39 Å². The summed E-state index contributed by atoms with van der Waals surface area (Å²) in [5.74, 6) is 0.130. The Labute approximate surface area is 112 Å². The Morgan fingerprint density at radius 2 is 1.82 bits per heavy atom. The number of allylic oxidation sites excluding steroid dienone is 1. The Morgan fingerprint density at radius 3 is 2.65 bits per heavy atom. The average molecular weight is 268 g/mol. The molecule has 4 heteroatoms. The van der Waals surface area contributed by atoms with Gasteiger partial charge in [-0.25, -0.2) is 0 Å². The van der Waals surface area contributed by atoms with Crippen molar-refractivity contribution in [2.24, 2.45) is 0 Å². The van der Waals surface area contributed by atoms with Crippen LogP contribution in [0.25, 0.3) is 17.0 Å². The summed E-state index contributed by atoms with van der Waals surface area (Å²) in [6, 6.07) is 10.0. The van der Waals surface area contributed by atoms with E-state index in [-0.39, 0.29) is 30.6 Å². The van der Waals surface area contributed by atoms with Gasteiger partial charge in [-0.05, 0) is 29.8 Å². The summed E-state index contributed by atoms with van der Waals surface area (Å²) in [5.41, 5.74) is 2.91. The summed E-state index contributed by atoms with van der Waals surface area (Å²) in [6.45, 7) is 0. The summed E-state index contributed by atoms with van der Waals surface area (Å²) < 4.78 is 0. The predicted octanol–water partition coefficient (Wildman–Crippen LogP) is 3.22. The number of halogens is 2. The number of hydrogen-bond donors (Lipinski definition) is 0. The number of nitrogens with zero attached hydrogens (tertiary/aromatic N) is 1. The second-order valence-electron chi connectivity index (χ2n) is 3.69. The summed E-state index contributed by atoms with van der Waals surface area (Å²) in [4.78, 5) is 15.7. The van der Waals surface area contributed by atoms with Gasteiger partial charge in [0.15, 0.2) is 5.78 Å². The Hall–Kier alpha value is -1.38. The summed E-state index contributed by atoms with van der Waals surface area (Å²) in [6.07, 6.45) is 3.90. The highest BCUT2D eigenvalue weighted by Gasteiger charge is 2.12. The molecule has 1 aliphatic carbocycles. The maximum absolute atomic E-state index is 11.2. The first kappa shape index (κ1) is 13.7. The predicted molar refractivity (Wildman–Crippen MR) is 74.0 cm³/mol. The molecule has 3 rings (SSSR count). The van der Waals surface area contributed by atoms with Gasteiger partial charge in [-0.3, -0.25) is 9.78 Å². The highest BCUT2D eigenvalue weighted by molar-refractivity contribution is 5.99. The number of hydrogen-bond acceptors (Lipinski definition) is 2. The van der Waals surface area contributed by atoms with Gasteiger partial charge in [-0.1, -0.05) is 18.2 Å². The van der Waals surface area contributed by atoms with E-state index in [1.807, 2.05) is 30.3 Å². The van der Waals surface area contributed by atoms with Gasteiger partial charge in [0.1, 0.15) is 0 Å². The molecule has 0 fully saturated rings. The topological polar surface area (TPSA) is 30.0 Å². The van der Waals surface area contributed by atoms with Crippen molar-refractivity contribution >= 4 is 47.6 Å². The number of para-hydroxylation sites is 1. The third-order valence-electron chi connectivity index (χ3n) is 2.63. The monoisotopic (exact) mass is 267 g/mol. The summed E-state index contributed by atoms with van der Waals surface area (Å²) in [7, 11) is 0. The molecule has 1 heterocycles. The van der Waals surface area contributed by atoms with Gasteiger partial charge >= 0.3 is 0 Å². The van der Waals surface area contributed by atoms with E-state index in [4.69, 9.17) is 0 Å². The normalized spacial score (nSPS) is 12.6. The quantitative estimate of drug-likeness (QED) is 0.734. The fraction of sp³-hybridized carbons (Fsp3) is 0.0769. The number of carbonyl (C=O) groups excluding carboxylic acids is 1. The van der Waals surface area contributed by atoms with Crippen LogP contribution in [0.3, 0.4) is 0 Å². The molecule has 0 saturated carbocycles. The van der Waals surface area contributed by atoms with Gasteiger partial charge in [0.05, 0.1) is 17.6 Å². The molecule has 0 aliphatic heterocycles. The molecule has 0 amide bonds. The van der Waals surface area contributed by atoms with Crippen LogP contribution in [-0.4, -0.2) is 10.8 Å². The molecular weight excluding hydrogens is 257 g/mol. The van der Waals surface area contributed by atoms with Crippen LogP contribution in [0.2, 0.25) is 0 Å². The Bertz CT molecular complexity index is 593. The van der Waals surface area contributed by atoms with Crippen molar-refractivity contribution in [2.45, 2.75) is 6.42 Å². The van der Waals surface area contributed by atoms with E-state index in [0.29, 0.717) is 6.42 Å². The second kappa shape index (κ2) is 5.30. The summed E-state index contributed by atoms with van der Waals surface area (Å²) in [5, 5.41) is 1.12. The van der Waals surface area contributed by atoms with Crippen molar-refractivity contribution in [3.8, 4) is 0 Å². The van der Waals surface area contributed by atoms with Crippen LogP contribution < -0.4 is 0 Å². The van der Waals surface area contributed by atoms with Gasteiger partial charge < -0.3 is 0 Å². The van der Waals surface area contributed by atoms with Crippen LogP contribution in [0, 0.1) is 0 Å². The van der Waals surface area contributed by atoms with Crippen LogP contribution in [0.5, 0.6) is 0 Å². The molecule has 0 spiro atoms. The molecule has 0 saturated heterocycles. The van der Waals surface area contributed by atoms with Gasteiger partial charge in [-0.2, -0.15) is 0 Å². The fourth-order valence-electron chi connectivity index (χ4n) is 1.86. The number of fused-ring (bicyclic) bond motifs is 2. The summed E-state index contributed by atoms with van der Waals surface area (Å²) >= 11 is 0. The second-order valence-corrected chi connectivity index (χ2v) is 3.69. The SMILES string of the molecule is Cl.Cl.O=C1C=Cc2cc3ccccc3nc2C1. The average Bonchev–Trinajstić information content (AvgIpc) is 2.26. The molecule has 17 heavy (non-hydrogen) atoms. The number of rotatable bonds is 0. The highest BCUT2D eigenvalue weighted by atomic mass is 35.5. The molecule has 88 valence electrons. The number of aromatic nitrogens is 1. The van der Waals surface area contributed by atoms with Crippen LogP contribution in [0.1, 0.15) is 11.3 Å². The Morgan fingerprint density at radius 1 is 1.06 bits per heavy atom. The lowest BCUT2D eigenvalue weighted by atomic mass is 10.00. The van der Waals surface area contributed by atoms with Crippen LogP contribution in [-0.2, 0) is 11.2 Å². The molecule has 0 bridgehead atoms. The van der Waals surface area contributed by atoms with E-state index in [2.05, 4.69) is 11.1 Å². The minimum absolute atomic E-state index is 0. The molecule has 2 nitrogen and oxygen atoms in total. The van der Waals surface area contributed by atoms with E-state index in [0.717, 1.165) is 22.2 Å². The van der Waals surface area contributed by atoms with Crippen LogP contribution in [0.15, 0.2) is 36.4 Å². The smallest absolute Gasteiger partial charge is 0.161 e. The molecule has 0 atom stereocenters. The maximum Gasteiger partial charge on any atom is 0.161 e. The van der Waals surface area contributed by atoms with E-state index in [1.54, 1.807) is 6.08 Å². The van der Waals surface area contributed by atoms with Crippen molar-refractivity contribution in [2.75, 3.05) is 0 Å². The third-order valence-corrected chi connectivity index (χ3v) is 2.63. The van der Waals surface area contributed by atoms with Crippen molar-refractivity contribution < 1.29 is 4.79 Å². The molecule has 2 aromatic rings. The first-order valence-electron chi connectivity index (χ1n) is 4.92. The number of carbonyl (C=O) groups is 1. The Kier molecular flexibility index (Phi) is 4.27. The maximum atomic E-state index is 11.2. The van der Waals surface area contributed by atoms with E-state index >= 15 is 0 Å². The van der Waals surface area contributed by atoms with E-state index in [1.165, 1.54) is 0 Å². The zero-order valence-electron chi connectivity index (χ0n) is 8.92. The van der Waals surface area contributed by atoms with Gasteiger partial charge in [-0.15, -0.1) is 24.8 Å². The lowest BCUT2D eigenvalue weighted by Crippen LogP contribution is -2.07. The molecule has 0 unspecified atom stereocenters. The zero-order chi connectivity index (χ0) is 10.3. The first-order chi connectivity index (χ1) is 7.33. The molecule has 1 aromatic heterocycles. The minimum atomic E-state index is 0. The number of benzene rings is 1. The lowest BCUT2D eigenvalue weighted by molar-refractivity contribution is -0.114. The van der Waals surface area contributed by atoms with E-state index < -0.39 is 0 Å². The van der Waals surface area contributed by atoms with Crippen LogP contribution >= 0.6 is 24.8 Å². The van der Waals surface area contributed by atoms with Crippen molar-refractivity contribution in [3.05, 3.63) is 47.7 Å². The Balaban J connectivity index is 0.000000722. The van der Waals surface area contributed by atoms with Crippen LogP contribution in [0.4, 0.5) is 0 Å². The molecule has 0 radical (unpaired) electrons. The van der Waals surface area contributed by atoms with Crippen molar-refractivity contribution in [3.63, 3.8) is 0 Å². The molecular formula is C13H11Cl2NO. The van der Waals surface area contributed by atoms with Crippen molar-refractivity contribution in [1.82, 2.24) is 4.98 Å². The standard InChI is InChI=1S/C13H9NO.2ClH/c15-11-6-5-10-7-9-3-1-2-4-12(9)14-13(10)8-11;;/h1-7H,8H2;2*1H. The van der Waals surface area contributed by atoms with Crippen molar-refractivity contribution in [1.29, 1.82) is 0 Å². The fourth-order valence-corrected chi connectivity index (χ4v) is 1.86. The number of pyridine rings is 1. The lowest BCUT2D eigenvalue weighted by Gasteiger charge is -2.09. The minimum Gasteiger partial charge on any atom is -0.294 e. The zero-order valence-corrected chi connectivity index (χ0v) is 10.6. The number of ketones is 1. The molecule has 1 aromatic carbocycles. The molecule has 1 aliphatic rings. The highest BCUT2D eigenvalue weighted by Crippen LogP contribution is 2.21. The largest absolute Gasteiger partial charge is 0.294 e. The van der Waals surface area contributed by atoms with E-state index in [9.17, 15) is 4.79 Å². The van der Waals surface area contributed by atoms with Gasteiger partial charge in [0.25, 0.3) is 0 Å². The van der Waals surface area contributed by atoms with Gasteiger partial charge in [0.2, 0.25) is 0 Å².